The van der Waals surface area contributed by atoms with Gasteiger partial charge in [0.05, 0.1) is 10.5 Å². The maximum atomic E-state index is 12.3. The monoisotopic (exact) mass is 377 g/mol. The standard InChI is InChI=1S/C18H23N3O2S2/c1-4-11-8-9-12-6-5-7-13(12)15(11)20-16(22)21-25-17-19-10-14(24-17)18(2,3)23/h8-10,23H,4-7H2,1-3H3,(H2,20,21,22). The molecule has 0 aliphatic heterocycles. The second-order valence-corrected chi connectivity index (χ2v) is 8.74. The van der Waals surface area contributed by atoms with E-state index < -0.39 is 5.60 Å². The number of hydrogen-bond donors (Lipinski definition) is 3. The van der Waals surface area contributed by atoms with Gasteiger partial charge in [-0.1, -0.05) is 19.1 Å². The summed E-state index contributed by atoms with van der Waals surface area (Å²) >= 11 is 2.54. The van der Waals surface area contributed by atoms with Crippen molar-refractivity contribution in [1.29, 1.82) is 0 Å². The lowest BCUT2D eigenvalue weighted by molar-refractivity contribution is 0.0823. The fourth-order valence-corrected chi connectivity index (χ4v) is 4.53. The van der Waals surface area contributed by atoms with Gasteiger partial charge in [-0.2, -0.15) is 0 Å². The summed E-state index contributed by atoms with van der Waals surface area (Å²) in [6.07, 6.45) is 5.78. The summed E-state index contributed by atoms with van der Waals surface area (Å²) in [6, 6.07) is 4.05. The highest BCUT2D eigenvalue weighted by molar-refractivity contribution is 7.99. The molecule has 0 saturated carbocycles. The van der Waals surface area contributed by atoms with Gasteiger partial charge in [-0.15, -0.1) is 11.3 Å². The highest BCUT2D eigenvalue weighted by Crippen LogP contribution is 2.33. The molecule has 7 heteroatoms. The molecule has 1 aliphatic rings. The number of anilines is 1. The molecule has 0 saturated heterocycles. The van der Waals surface area contributed by atoms with Crippen molar-refractivity contribution < 1.29 is 9.90 Å². The fraction of sp³-hybridized carbons (Fsp3) is 0.444. The van der Waals surface area contributed by atoms with Gasteiger partial charge in [-0.05, 0) is 56.2 Å². The summed E-state index contributed by atoms with van der Waals surface area (Å²) in [7, 11) is 0. The minimum atomic E-state index is -0.917. The smallest absolute Gasteiger partial charge is 0.329 e. The van der Waals surface area contributed by atoms with Crippen LogP contribution < -0.4 is 10.0 Å². The van der Waals surface area contributed by atoms with Gasteiger partial charge in [0.2, 0.25) is 0 Å². The van der Waals surface area contributed by atoms with E-state index in [0.717, 1.165) is 36.2 Å². The Morgan fingerprint density at radius 2 is 2.20 bits per heavy atom. The summed E-state index contributed by atoms with van der Waals surface area (Å²) in [4.78, 5) is 17.3. The van der Waals surface area contributed by atoms with Crippen LogP contribution in [0.15, 0.2) is 22.7 Å². The van der Waals surface area contributed by atoms with Crippen LogP contribution in [-0.4, -0.2) is 16.1 Å². The van der Waals surface area contributed by atoms with Crippen LogP contribution in [0, 0.1) is 0 Å². The molecule has 0 unspecified atom stereocenters. The van der Waals surface area contributed by atoms with E-state index in [1.165, 1.54) is 40.0 Å². The lowest BCUT2D eigenvalue weighted by Gasteiger charge is -2.15. The van der Waals surface area contributed by atoms with Crippen molar-refractivity contribution >= 4 is 35.0 Å². The number of thiazole rings is 1. The van der Waals surface area contributed by atoms with Crippen LogP contribution in [-0.2, 0) is 24.9 Å². The first-order chi connectivity index (χ1) is 11.9. The number of rotatable bonds is 5. The predicted molar refractivity (Wildman–Crippen MR) is 103 cm³/mol. The average Bonchev–Trinajstić information content (AvgIpc) is 3.22. The van der Waals surface area contributed by atoms with E-state index in [1.54, 1.807) is 20.0 Å². The molecule has 134 valence electrons. The van der Waals surface area contributed by atoms with E-state index in [1.807, 2.05) is 0 Å². The van der Waals surface area contributed by atoms with Crippen LogP contribution in [0.1, 0.15) is 48.8 Å². The maximum Gasteiger partial charge on any atom is 0.329 e. The van der Waals surface area contributed by atoms with Crippen LogP contribution in [0.4, 0.5) is 10.5 Å². The van der Waals surface area contributed by atoms with Crippen LogP contribution in [0.2, 0.25) is 0 Å². The van der Waals surface area contributed by atoms with Crippen molar-refractivity contribution in [3.8, 4) is 0 Å². The molecule has 1 heterocycles. The average molecular weight is 378 g/mol. The number of aromatic nitrogens is 1. The Kier molecular flexibility index (Phi) is 5.36. The first-order valence-corrected chi connectivity index (χ1v) is 10.1. The highest BCUT2D eigenvalue weighted by atomic mass is 32.2. The molecule has 25 heavy (non-hydrogen) atoms. The summed E-state index contributed by atoms with van der Waals surface area (Å²) < 4.78 is 3.48. The molecule has 0 radical (unpaired) electrons. The molecule has 0 atom stereocenters. The van der Waals surface area contributed by atoms with Gasteiger partial charge in [0.25, 0.3) is 0 Å². The lowest BCUT2D eigenvalue weighted by Crippen LogP contribution is -2.24. The summed E-state index contributed by atoms with van der Waals surface area (Å²) in [6.45, 7) is 5.54. The van der Waals surface area contributed by atoms with Gasteiger partial charge in [0.15, 0.2) is 4.34 Å². The van der Waals surface area contributed by atoms with Crippen LogP contribution >= 0.6 is 23.3 Å². The zero-order chi connectivity index (χ0) is 18.0. The van der Waals surface area contributed by atoms with Crippen LogP contribution in [0.5, 0.6) is 0 Å². The van der Waals surface area contributed by atoms with E-state index in [-0.39, 0.29) is 6.03 Å². The normalized spacial score (nSPS) is 13.6. The van der Waals surface area contributed by atoms with Gasteiger partial charge < -0.3 is 10.4 Å². The first kappa shape index (κ1) is 18.2. The fourth-order valence-electron chi connectivity index (χ4n) is 2.98. The maximum absolute atomic E-state index is 12.3. The Balaban J connectivity index is 1.66. The largest absolute Gasteiger partial charge is 0.385 e. The number of carbonyl (C=O) groups is 1. The highest BCUT2D eigenvalue weighted by Gasteiger charge is 2.21. The second-order valence-electron chi connectivity index (χ2n) is 6.65. The Bertz CT molecular complexity index is 781. The molecule has 0 spiro atoms. The third kappa shape index (κ3) is 4.16. The molecular weight excluding hydrogens is 354 g/mol. The third-order valence-corrected chi connectivity index (χ3v) is 6.48. The number of nitrogens with one attached hydrogen (secondary N) is 2. The number of hydrogen-bond acceptors (Lipinski definition) is 5. The predicted octanol–water partition coefficient (Wildman–Crippen LogP) is 4.25. The van der Waals surface area contributed by atoms with Crippen molar-refractivity contribution in [3.05, 3.63) is 39.9 Å². The van der Waals surface area contributed by atoms with Gasteiger partial charge in [0.1, 0.15) is 0 Å². The topological polar surface area (TPSA) is 74.2 Å². The van der Waals surface area contributed by atoms with Crippen molar-refractivity contribution in [3.63, 3.8) is 0 Å². The Morgan fingerprint density at radius 1 is 1.40 bits per heavy atom. The van der Waals surface area contributed by atoms with E-state index in [0.29, 0.717) is 4.34 Å². The zero-order valence-electron chi connectivity index (χ0n) is 14.7. The van der Waals surface area contributed by atoms with E-state index in [4.69, 9.17) is 0 Å². The molecule has 1 aliphatic carbocycles. The molecule has 3 rings (SSSR count). The molecule has 0 bridgehead atoms. The summed E-state index contributed by atoms with van der Waals surface area (Å²) in [5.41, 5.74) is 3.83. The van der Waals surface area contributed by atoms with E-state index >= 15 is 0 Å². The van der Waals surface area contributed by atoms with Gasteiger partial charge >= 0.3 is 6.03 Å². The SMILES string of the molecule is CCc1ccc2c(c1NC(=O)NSc1ncc(C(C)(C)O)s1)CCC2. The molecule has 3 N–H and O–H groups in total. The van der Waals surface area contributed by atoms with Gasteiger partial charge in [-0.3, -0.25) is 4.72 Å². The number of carbonyl (C=O) groups excluding carboxylic acids is 1. The summed E-state index contributed by atoms with van der Waals surface area (Å²) in [5, 5.41) is 13.0. The van der Waals surface area contributed by atoms with Crippen molar-refractivity contribution in [2.24, 2.45) is 0 Å². The van der Waals surface area contributed by atoms with Crippen molar-refractivity contribution in [1.82, 2.24) is 9.71 Å². The number of fused-ring (bicyclic) bond motifs is 1. The van der Waals surface area contributed by atoms with E-state index in [9.17, 15) is 9.90 Å². The molecule has 2 aromatic rings. The number of benzene rings is 1. The number of aryl methyl sites for hydroxylation is 2. The third-order valence-electron chi connectivity index (χ3n) is 4.31. The van der Waals surface area contributed by atoms with Gasteiger partial charge in [-0.25, -0.2) is 9.78 Å². The minimum Gasteiger partial charge on any atom is -0.385 e. The number of aliphatic hydroxyl groups is 1. The Morgan fingerprint density at radius 3 is 2.88 bits per heavy atom. The minimum absolute atomic E-state index is 0.250. The van der Waals surface area contributed by atoms with Crippen LogP contribution in [0.25, 0.3) is 0 Å². The number of nitrogens with zero attached hydrogens (tertiary/aromatic N) is 1. The second kappa shape index (κ2) is 7.35. The quantitative estimate of drug-likeness (QED) is 0.681. The molecule has 1 aromatic heterocycles. The Labute approximate surface area is 156 Å². The van der Waals surface area contributed by atoms with Gasteiger partial charge in [0, 0.05) is 23.8 Å². The number of urea groups is 1. The molecule has 1 aromatic carbocycles. The molecule has 2 amide bonds. The number of amides is 2. The molecule has 5 nitrogen and oxygen atoms in total. The van der Waals surface area contributed by atoms with Crippen molar-refractivity contribution in [2.75, 3.05) is 5.32 Å². The lowest BCUT2D eigenvalue weighted by atomic mass is 10.0. The van der Waals surface area contributed by atoms with Crippen molar-refractivity contribution in [2.45, 2.75) is 56.4 Å². The first-order valence-electron chi connectivity index (χ1n) is 8.44. The Hall–Kier alpha value is -1.57. The van der Waals surface area contributed by atoms with Crippen LogP contribution in [0.3, 0.4) is 0 Å². The summed E-state index contributed by atoms with van der Waals surface area (Å²) in [5.74, 6) is 0. The zero-order valence-corrected chi connectivity index (χ0v) is 16.3. The molecular formula is C18H23N3O2S2. The van der Waals surface area contributed by atoms with E-state index in [2.05, 4.69) is 34.1 Å². The molecule has 0 fully saturated rings.